The fourth-order valence-electron chi connectivity index (χ4n) is 5.73. The van der Waals surface area contributed by atoms with Gasteiger partial charge in [0.2, 0.25) is 0 Å². The van der Waals surface area contributed by atoms with Gasteiger partial charge in [0.1, 0.15) is 0 Å². The van der Waals surface area contributed by atoms with Crippen LogP contribution in [0, 0.1) is 13.8 Å². The minimum Gasteiger partial charge on any atom is -0.360 e. The quantitative estimate of drug-likeness (QED) is 0.690. The molecule has 1 aliphatic carbocycles. The zero-order valence-electron chi connectivity index (χ0n) is 17.0. The topological polar surface area (TPSA) is 27.3 Å². The molecule has 148 valence electrons. The summed E-state index contributed by atoms with van der Waals surface area (Å²) in [5.74, 6) is 0. The van der Waals surface area contributed by atoms with Crippen LogP contribution in [-0.2, 0) is 0 Å². The average molecular weight is 386 g/mol. The van der Waals surface area contributed by atoms with Gasteiger partial charge in [-0.15, -0.1) is 0 Å². The van der Waals surface area contributed by atoms with Gasteiger partial charge in [0.25, 0.3) is 0 Å². The van der Waals surface area contributed by atoms with Crippen molar-refractivity contribution in [3.8, 4) is 0 Å². The second-order valence-corrected chi connectivity index (χ2v) is 9.47. The Morgan fingerprint density at radius 3 is 2.30 bits per heavy atom. The molecule has 2 aliphatic heterocycles. The van der Waals surface area contributed by atoms with E-state index in [4.69, 9.17) is 12.2 Å². The van der Waals surface area contributed by atoms with Gasteiger partial charge >= 0.3 is 0 Å². The Labute approximate surface area is 170 Å². The molecule has 1 aromatic carbocycles. The van der Waals surface area contributed by atoms with Gasteiger partial charge in [0.15, 0.2) is 5.11 Å². The number of rotatable bonds is 3. The van der Waals surface area contributed by atoms with Crippen LogP contribution in [0.3, 0.4) is 0 Å². The van der Waals surface area contributed by atoms with Gasteiger partial charge in [-0.1, -0.05) is 37.8 Å². The fraction of sp³-hybridized carbons (Fsp3) is 0.696. The molecule has 3 fully saturated rings. The van der Waals surface area contributed by atoms with E-state index >= 15 is 0 Å². The molecule has 2 N–H and O–H groups in total. The summed E-state index contributed by atoms with van der Waals surface area (Å²) >= 11 is 5.67. The van der Waals surface area contributed by atoms with Crippen molar-refractivity contribution in [2.24, 2.45) is 0 Å². The van der Waals surface area contributed by atoms with E-state index in [0.717, 1.165) is 28.9 Å². The second kappa shape index (κ2) is 8.48. The van der Waals surface area contributed by atoms with Crippen LogP contribution in [0.4, 0.5) is 5.69 Å². The van der Waals surface area contributed by atoms with E-state index < -0.39 is 0 Å². The molecule has 1 saturated carbocycles. The van der Waals surface area contributed by atoms with Gasteiger partial charge in [-0.3, -0.25) is 4.90 Å². The number of aryl methyl sites for hydroxylation is 2. The number of thiocarbonyl (C=S) groups is 1. The predicted octanol–water partition coefficient (Wildman–Crippen LogP) is 5.31. The number of benzene rings is 1. The Bertz CT molecular complexity index is 654. The van der Waals surface area contributed by atoms with E-state index in [1.165, 1.54) is 75.3 Å². The van der Waals surface area contributed by atoms with E-state index in [0.29, 0.717) is 6.04 Å². The highest BCUT2D eigenvalue weighted by Gasteiger charge is 2.41. The molecule has 0 spiro atoms. The summed E-state index contributed by atoms with van der Waals surface area (Å²) in [4.78, 5) is 2.95. The van der Waals surface area contributed by atoms with Crippen molar-refractivity contribution in [3.05, 3.63) is 29.3 Å². The van der Waals surface area contributed by atoms with Gasteiger partial charge in [-0.2, -0.15) is 0 Å². The molecule has 0 aromatic heterocycles. The van der Waals surface area contributed by atoms with E-state index in [2.05, 4.69) is 47.6 Å². The molecule has 27 heavy (non-hydrogen) atoms. The summed E-state index contributed by atoms with van der Waals surface area (Å²) in [6, 6.07) is 9.40. The third-order valence-corrected chi connectivity index (χ3v) is 7.22. The molecule has 4 heteroatoms. The summed E-state index contributed by atoms with van der Waals surface area (Å²) in [6.45, 7) is 4.26. The van der Waals surface area contributed by atoms with E-state index in [-0.39, 0.29) is 0 Å². The maximum atomic E-state index is 5.67. The van der Waals surface area contributed by atoms with Crippen molar-refractivity contribution >= 4 is 23.0 Å². The number of anilines is 1. The summed E-state index contributed by atoms with van der Waals surface area (Å²) in [5, 5.41) is 7.89. The van der Waals surface area contributed by atoms with E-state index in [9.17, 15) is 0 Å². The molecular weight excluding hydrogens is 350 g/mol. The lowest BCUT2D eigenvalue weighted by atomic mass is 9.78. The zero-order chi connectivity index (χ0) is 18.8. The number of hydrogen-bond donors (Lipinski definition) is 2. The summed E-state index contributed by atoms with van der Waals surface area (Å²) in [6.07, 6.45) is 13.8. The minimum absolute atomic E-state index is 0.519. The van der Waals surface area contributed by atoms with Crippen LogP contribution < -0.4 is 10.6 Å². The first kappa shape index (κ1) is 19.2. The van der Waals surface area contributed by atoms with Crippen molar-refractivity contribution in [1.82, 2.24) is 10.2 Å². The lowest BCUT2D eigenvalue weighted by molar-refractivity contribution is -0.0195. The molecular formula is C23H35N3S. The first-order chi connectivity index (χ1) is 13.1. The van der Waals surface area contributed by atoms with Crippen LogP contribution in [-0.4, -0.2) is 34.2 Å². The van der Waals surface area contributed by atoms with Crippen molar-refractivity contribution < 1.29 is 0 Å². The molecule has 3 nitrogen and oxygen atoms in total. The summed E-state index contributed by atoms with van der Waals surface area (Å²) < 4.78 is 0. The lowest BCUT2D eigenvalue weighted by Crippen LogP contribution is -2.60. The Morgan fingerprint density at radius 1 is 0.926 bits per heavy atom. The Balaban J connectivity index is 1.37. The summed E-state index contributed by atoms with van der Waals surface area (Å²) in [7, 11) is 0. The highest BCUT2D eigenvalue weighted by molar-refractivity contribution is 7.80. The lowest BCUT2D eigenvalue weighted by Gasteiger charge is -2.53. The molecule has 0 amide bonds. The first-order valence-corrected chi connectivity index (χ1v) is 11.4. The molecule has 1 aromatic rings. The highest BCUT2D eigenvalue weighted by Crippen LogP contribution is 2.39. The molecule has 0 radical (unpaired) electrons. The van der Waals surface area contributed by atoms with E-state index in [1.54, 1.807) is 0 Å². The third kappa shape index (κ3) is 4.48. The van der Waals surface area contributed by atoms with Gasteiger partial charge in [0.05, 0.1) is 0 Å². The van der Waals surface area contributed by atoms with Crippen LogP contribution >= 0.6 is 12.2 Å². The van der Waals surface area contributed by atoms with Gasteiger partial charge in [-0.25, -0.2) is 0 Å². The average Bonchev–Trinajstić information content (AvgIpc) is 2.64. The number of hydrogen-bond acceptors (Lipinski definition) is 2. The normalized spacial score (nSPS) is 29.3. The zero-order valence-corrected chi connectivity index (χ0v) is 17.8. The number of nitrogens with zero attached hydrogens (tertiary/aromatic N) is 1. The van der Waals surface area contributed by atoms with Crippen molar-refractivity contribution in [3.63, 3.8) is 0 Å². The molecule has 3 aliphatic rings. The SMILES string of the molecule is Cc1ccc(C)c(NC(=S)NC2C[C@H]3CCC[C@@H](C2)N3C2CCCCC2)c1. The van der Waals surface area contributed by atoms with Gasteiger partial charge in [-0.05, 0) is 81.8 Å². The number of fused-ring (bicyclic) bond motifs is 2. The van der Waals surface area contributed by atoms with Crippen molar-refractivity contribution in [2.45, 2.75) is 102 Å². The van der Waals surface area contributed by atoms with Gasteiger partial charge < -0.3 is 10.6 Å². The second-order valence-electron chi connectivity index (χ2n) is 9.06. The van der Waals surface area contributed by atoms with Gasteiger partial charge in [0, 0.05) is 29.9 Å². The maximum Gasteiger partial charge on any atom is 0.171 e. The minimum atomic E-state index is 0.519. The maximum absolute atomic E-state index is 5.67. The smallest absolute Gasteiger partial charge is 0.171 e. The fourth-order valence-corrected chi connectivity index (χ4v) is 6.00. The molecule has 3 atom stereocenters. The van der Waals surface area contributed by atoms with Crippen molar-refractivity contribution in [1.29, 1.82) is 0 Å². The number of nitrogens with one attached hydrogen (secondary N) is 2. The Kier molecular flexibility index (Phi) is 6.03. The highest BCUT2D eigenvalue weighted by atomic mass is 32.1. The Morgan fingerprint density at radius 2 is 1.59 bits per heavy atom. The molecule has 4 rings (SSSR count). The van der Waals surface area contributed by atoms with Crippen LogP contribution in [0.1, 0.15) is 75.3 Å². The first-order valence-electron chi connectivity index (χ1n) is 11.0. The third-order valence-electron chi connectivity index (χ3n) is 7.00. The van der Waals surface area contributed by atoms with Crippen LogP contribution in [0.25, 0.3) is 0 Å². The predicted molar refractivity (Wildman–Crippen MR) is 118 cm³/mol. The molecule has 2 saturated heterocycles. The van der Waals surface area contributed by atoms with Crippen LogP contribution in [0.2, 0.25) is 0 Å². The van der Waals surface area contributed by atoms with Crippen LogP contribution in [0.15, 0.2) is 18.2 Å². The summed E-state index contributed by atoms with van der Waals surface area (Å²) in [5.41, 5.74) is 3.64. The Hall–Kier alpha value is -1.13. The van der Waals surface area contributed by atoms with Crippen LogP contribution in [0.5, 0.6) is 0 Å². The van der Waals surface area contributed by atoms with E-state index in [1.807, 2.05) is 0 Å². The monoisotopic (exact) mass is 385 g/mol. The molecule has 1 unspecified atom stereocenters. The largest absolute Gasteiger partial charge is 0.360 e. The standard InChI is InChI=1S/C23H35N3S/c1-16-11-12-17(2)22(13-16)25-23(27)24-18-14-20-9-6-10-21(15-18)26(20)19-7-4-3-5-8-19/h11-13,18-21H,3-10,14-15H2,1-2H3,(H2,24,25,27)/t18?,20-,21+. The number of piperidine rings is 2. The molecule has 2 bridgehead atoms. The molecule has 2 heterocycles. The van der Waals surface area contributed by atoms with Crippen molar-refractivity contribution in [2.75, 3.05) is 5.32 Å².